The van der Waals surface area contributed by atoms with Crippen molar-refractivity contribution in [3.63, 3.8) is 0 Å². The molecule has 8 nitrogen and oxygen atoms in total. The largest absolute Gasteiger partial charge is 0.367 e. The Kier molecular flexibility index (Phi) is 5.45. The maximum atomic E-state index is 14.7. The predicted molar refractivity (Wildman–Crippen MR) is 120 cm³/mol. The van der Waals surface area contributed by atoms with Gasteiger partial charge in [0.25, 0.3) is 0 Å². The van der Waals surface area contributed by atoms with Crippen molar-refractivity contribution in [1.82, 2.24) is 15.6 Å². The Hall–Kier alpha value is -3.56. The smallest absolute Gasteiger partial charge is 0.319 e. The Labute approximate surface area is 195 Å². The van der Waals surface area contributed by atoms with Crippen molar-refractivity contribution < 1.29 is 23.2 Å². The summed E-state index contributed by atoms with van der Waals surface area (Å²) >= 11 is 0. The molecule has 0 spiro atoms. The third-order valence-corrected chi connectivity index (χ3v) is 6.87. The van der Waals surface area contributed by atoms with Gasteiger partial charge >= 0.3 is 6.03 Å². The average molecular weight is 469 g/mol. The highest BCUT2D eigenvalue weighted by molar-refractivity contribution is 6.01. The number of benzene rings is 1. The van der Waals surface area contributed by atoms with Crippen molar-refractivity contribution in [2.45, 2.75) is 50.0 Å². The van der Waals surface area contributed by atoms with Crippen LogP contribution in [-0.2, 0) is 15.0 Å². The molecule has 0 bridgehead atoms. The normalized spacial score (nSPS) is 21.5. The number of urea groups is 1. The summed E-state index contributed by atoms with van der Waals surface area (Å²) in [6.07, 6.45) is 4.00. The van der Waals surface area contributed by atoms with E-state index in [1.165, 1.54) is 12.1 Å². The molecule has 1 aromatic carbocycles. The summed E-state index contributed by atoms with van der Waals surface area (Å²) in [5.74, 6) is -3.81. The number of amides is 4. The van der Waals surface area contributed by atoms with Crippen molar-refractivity contribution in [3.05, 3.63) is 53.4 Å². The van der Waals surface area contributed by atoms with Gasteiger partial charge in [-0.05, 0) is 43.5 Å². The van der Waals surface area contributed by atoms with E-state index in [0.29, 0.717) is 24.5 Å². The van der Waals surface area contributed by atoms with E-state index in [1.807, 2.05) is 12.1 Å². The highest BCUT2D eigenvalue weighted by Crippen LogP contribution is 2.46. The van der Waals surface area contributed by atoms with Gasteiger partial charge in [-0.15, -0.1) is 0 Å². The summed E-state index contributed by atoms with van der Waals surface area (Å²) < 4.78 is 29.4. The third-order valence-electron chi connectivity index (χ3n) is 6.87. The molecule has 1 atom stereocenters. The zero-order valence-corrected chi connectivity index (χ0v) is 18.7. The van der Waals surface area contributed by atoms with Gasteiger partial charge in [0, 0.05) is 41.9 Å². The van der Waals surface area contributed by atoms with Crippen LogP contribution in [0.2, 0.25) is 0 Å². The van der Waals surface area contributed by atoms with Gasteiger partial charge in [-0.25, -0.2) is 13.6 Å². The number of rotatable bonds is 5. The van der Waals surface area contributed by atoms with Crippen LogP contribution in [0.3, 0.4) is 0 Å². The molecule has 2 aromatic rings. The molecule has 1 saturated carbocycles. The number of anilines is 2. The van der Waals surface area contributed by atoms with Gasteiger partial charge < -0.3 is 15.5 Å². The third kappa shape index (κ3) is 4.32. The van der Waals surface area contributed by atoms with E-state index >= 15 is 0 Å². The summed E-state index contributed by atoms with van der Waals surface area (Å²) in [6, 6.07) is 5.57. The highest BCUT2D eigenvalue weighted by atomic mass is 19.1. The molecule has 1 aromatic heterocycles. The lowest BCUT2D eigenvalue weighted by molar-refractivity contribution is -0.134. The van der Waals surface area contributed by atoms with Gasteiger partial charge in [0.1, 0.15) is 11.6 Å². The van der Waals surface area contributed by atoms with Crippen LogP contribution in [0.1, 0.15) is 49.8 Å². The van der Waals surface area contributed by atoms with Crippen LogP contribution < -0.4 is 20.9 Å². The fourth-order valence-electron chi connectivity index (χ4n) is 4.46. The average Bonchev–Trinajstić information content (AvgIpc) is 3.50. The summed E-state index contributed by atoms with van der Waals surface area (Å²) in [4.78, 5) is 41.8. The van der Waals surface area contributed by atoms with Crippen LogP contribution in [0.25, 0.3) is 0 Å². The van der Waals surface area contributed by atoms with Gasteiger partial charge in [0.2, 0.25) is 11.8 Å². The maximum absolute atomic E-state index is 14.7. The van der Waals surface area contributed by atoms with E-state index in [2.05, 4.69) is 27.9 Å². The van der Waals surface area contributed by atoms with E-state index in [0.717, 1.165) is 18.5 Å². The fraction of sp³-hybridized carbons (Fsp3) is 0.417. The zero-order chi connectivity index (χ0) is 24.0. The molecule has 3 heterocycles. The molecule has 0 radical (unpaired) electrons. The molecule has 1 aliphatic carbocycles. The van der Waals surface area contributed by atoms with Crippen LogP contribution in [-0.4, -0.2) is 42.0 Å². The van der Waals surface area contributed by atoms with Gasteiger partial charge in [0.05, 0.1) is 23.8 Å². The SMILES string of the molecule is CC1(c2ccc(NC(=O)NC3CN(c4cc(F)c(C5CCC(=O)NC5=O)c(F)c4)C3)cn2)CC1. The number of carbonyl (C=O) groups is 3. The zero-order valence-electron chi connectivity index (χ0n) is 18.7. The van der Waals surface area contributed by atoms with E-state index < -0.39 is 29.4 Å². The minimum atomic E-state index is -1.03. The first-order valence-electron chi connectivity index (χ1n) is 11.3. The van der Waals surface area contributed by atoms with Gasteiger partial charge in [0.15, 0.2) is 0 Å². The van der Waals surface area contributed by atoms with E-state index in [9.17, 15) is 23.2 Å². The lowest BCUT2D eigenvalue weighted by atomic mass is 9.89. The Morgan fingerprint density at radius 2 is 1.88 bits per heavy atom. The van der Waals surface area contributed by atoms with Gasteiger partial charge in [-0.1, -0.05) is 6.92 Å². The quantitative estimate of drug-likeness (QED) is 0.585. The second-order valence-corrected chi connectivity index (χ2v) is 9.52. The molecule has 3 N–H and O–H groups in total. The Morgan fingerprint density at radius 1 is 1.18 bits per heavy atom. The van der Waals surface area contributed by atoms with Crippen molar-refractivity contribution in [1.29, 1.82) is 0 Å². The number of pyridine rings is 1. The molecule has 34 heavy (non-hydrogen) atoms. The molecule has 3 fully saturated rings. The molecule has 4 amide bonds. The van der Waals surface area contributed by atoms with Crippen LogP contribution in [0.5, 0.6) is 0 Å². The highest BCUT2D eigenvalue weighted by Gasteiger charge is 2.40. The monoisotopic (exact) mass is 469 g/mol. The molecule has 2 saturated heterocycles. The lowest BCUT2D eigenvalue weighted by Crippen LogP contribution is -2.60. The first kappa shape index (κ1) is 22.2. The summed E-state index contributed by atoms with van der Waals surface area (Å²) in [5.41, 5.74) is 1.79. The minimum Gasteiger partial charge on any atom is -0.367 e. The van der Waals surface area contributed by atoms with Crippen LogP contribution in [0.15, 0.2) is 30.5 Å². The van der Waals surface area contributed by atoms with Crippen molar-refractivity contribution in [2.75, 3.05) is 23.3 Å². The summed E-state index contributed by atoms with van der Waals surface area (Å²) in [6.45, 7) is 2.94. The standard InChI is InChI=1S/C24H25F2N5O3/c1-24(6-7-24)19-4-2-13(10-27-19)28-23(34)29-14-11-31(12-14)15-8-17(25)21(18(26)9-15)16-3-5-20(32)30-22(16)33/h2,4,8-10,14,16H,3,5-7,11-12H2,1H3,(H2,28,29,34)(H,30,32,33). The van der Waals surface area contributed by atoms with Crippen LogP contribution >= 0.6 is 0 Å². The Morgan fingerprint density at radius 3 is 2.47 bits per heavy atom. The number of halogens is 2. The molecule has 10 heteroatoms. The van der Waals surface area contributed by atoms with Crippen LogP contribution in [0.4, 0.5) is 25.0 Å². The first-order chi connectivity index (χ1) is 16.2. The number of hydrogen-bond acceptors (Lipinski definition) is 5. The Bertz CT molecular complexity index is 1140. The number of imide groups is 1. The predicted octanol–water partition coefficient (Wildman–Crippen LogP) is 2.94. The van der Waals surface area contributed by atoms with E-state index in [-0.39, 0.29) is 35.9 Å². The molecule has 1 unspecified atom stereocenters. The molecular weight excluding hydrogens is 444 g/mol. The van der Waals surface area contributed by atoms with Crippen LogP contribution in [0, 0.1) is 11.6 Å². The molecular formula is C24H25F2N5O3. The first-order valence-corrected chi connectivity index (χ1v) is 11.3. The second kappa shape index (κ2) is 8.34. The minimum absolute atomic E-state index is 0.0398. The topological polar surface area (TPSA) is 103 Å². The van der Waals surface area contributed by atoms with Gasteiger partial charge in [-0.2, -0.15) is 0 Å². The van der Waals surface area contributed by atoms with E-state index in [4.69, 9.17) is 0 Å². The molecule has 5 rings (SSSR count). The fourth-order valence-corrected chi connectivity index (χ4v) is 4.46. The molecule has 2 aliphatic heterocycles. The van der Waals surface area contributed by atoms with Gasteiger partial charge in [-0.3, -0.25) is 19.9 Å². The summed E-state index contributed by atoms with van der Waals surface area (Å²) in [7, 11) is 0. The molecule has 3 aliphatic rings. The maximum Gasteiger partial charge on any atom is 0.319 e. The number of nitrogens with zero attached hydrogens (tertiary/aromatic N) is 2. The van der Waals surface area contributed by atoms with E-state index in [1.54, 1.807) is 11.1 Å². The van der Waals surface area contributed by atoms with Crippen molar-refractivity contribution in [3.8, 4) is 0 Å². The number of aromatic nitrogens is 1. The van der Waals surface area contributed by atoms with Crippen molar-refractivity contribution >= 4 is 29.2 Å². The molecule has 178 valence electrons. The second-order valence-electron chi connectivity index (χ2n) is 9.52. The number of hydrogen-bond donors (Lipinski definition) is 3. The number of nitrogens with one attached hydrogen (secondary N) is 3. The Balaban J connectivity index is 1.15. The number of carbonyl (C=O) groups excluding carboxylic acids is 3. The lowest BCUT2D eigenvalue weighted by Gasteiger charge is -2.41. The number of piperidine rings is 1. The summed E-state index contributed by atoms with van der Waals surface area (Å²) in [5, 5.41) is 7.71. The van der Waals surface area contributed by atoms with Crippen molar-refractivity contribution in [2.24, 2.45) is 0 Å².